The highest BCUT2D eigenvalue weighted by Gasteiger charge is 2.24. The highest BCUT2D eigenvalue weighted by atomic mass is 19.1. The van der Waals surface area contributed by atoms with Crippen LogP contribution in [0.15, 0.2) is 24.5 Å². The number of ether oxygens (including phenoxy) is 2. The molecule has 11 nitrogen and oxygen atoms in total. The Hall–Kier alpha value is -3.64. The van der Waals surface area contributed by atoms with Crippen molar-refractivity contribution in [3.8, 4) is 11.8 Å². The van der Waals surface area contributed by atoms with Crippen molar-refractivity contribution < 1.29 is 23.4 Å². The number of rotatable bonds is 8. The lowest BCUT2D eigenvalue weighted by molar-refractivity contribution is -0.577. The summed E-state index contributed by atoms with van der Waals surface area (Å²) in [4.78, 5) is 26.7. The second kappa shape index (κ2) is 9.92. The largest absolute Gasteiger partial charge is 0.618 e. The van der Waals surface area contributed by atoms with E-state index >= 15 is 0 Å². The first kappa shape index (κ1) is 23.1. The highest BCUT2D eigenvalue weighted by molar-refractivity contribution is 5.93. The lowest BCUT2D eigenvalue weighted by Crippen LogP contribution is -2.29. The minimum atomic E-state index is -0.372. The number of nitrogens with zero attached hydrogens (tertiary/aromatic N) is 5. The number of hydrogen-bond donors (Lipinski definition) is 2. The number of hydrogen-bond acceptors (Lipinski definition) is 9. The minimum absolute atomic E-state index is 0.0477. The molecule has 0 bridgehead atoms. The zero-order valence-electron chi connectivity index (χ0n) is 19.3. The van der Waals surface area contributed by atoms with Crippen LogP contribution in [0.1, 0.15) is 17.7 Å². The van der Waals surface area contributed by atoms with E-state index in [1.165, 1.54) is 25.4 Å². The number of carbonyl (C=O) groups is 1. The molecular weight excluding hydrogens is 457 g/mol. The summed E-state index contributed by atoms with van der Waals surface area (Å²) in [7, 11) is 1.43. The Kier molecular flexibility index (Phi) is 6.55. The summed E-state index contributed by atoms with van der Waals surface area (Å²) in [6.45, 7) is 3.75. The fraction of sp³-hybridized carbons (Fsp3) is 0.435. The molecule has 1 fully saturated rings. The molecule has 35 heavy (non-hydrogen) atoms. The molecule has 0 saturated carbocycles. The van der Waals surface area contributed by atoms with Gasteiger partial charge in [-0.15, -0.1) is 0 Å². The number of anilines is 1. The Balaban J connectivity index is 1.14. The lowest BCUT2D eigenvalue weighted by Gasteiger charge is -2.18. The summed E-state index contributed by atoms with van der Waals surface area (Å²) in [6.07, 6.45) is 4.35. The van der Waals surface area contributed by atoms with Gasteiger partial charge in [-0.2, -0.15) is 4.73 Å². The fourth-order valence-electron chi connectivity index (χ4n) is 4.49. The van der Waals surface area contributed by atoms with Crippen LogP contribution in [0.2, 0.25) is 0 Å². The standard InChI is InChI=1S/C23H26FN7O4/c1-34-20-12-31(33)18-3-2-17(24)16(21(18)29-20)5-7-30-6-4-14(11-30)8-25-9-15-10-26-23-22(27-15)28-19(32)13-35-23/h2-3,10,12,14,25H,4-9,11,13H2,1H3,(H,27,28,32)/t14-/m0/s1. The first-order valence-corrected chi connectivity index (χ1v) is 11.5. The van der Waals surface area contributed by atoms with Crippen LogP contribution in [0.5, 0.6) is 11.8 Å². The average molecular weight is 484 g/mol. The van der Waals surface area contributed by atoms with E-state index in [0.29, 0.717) is 58.5 Å². The predicted molar refractivity (Wildman–Crippen MR) is 123 cm³/mol. The normalized spacial score (nSPS) is 17.8. The Morgan fingerprint density at radius 1 is 1.40 bits per heavy atom. The summed E-state index contributed by atoms with van der Waals surface area (Å²) >= 11 is 0. The van der Waals surface area contributed by atoms with Gasteiger partial charge in [-0.05, 0) is 37.9 Å². The zero-order chi connectivity index (χ0) is 24.4. The Morgan fingerprint density at radius 2 is 2.29 bits per heavy atom. The van der Waals surface area contributed by atoms with E-state index in [1.54, 1.807) is 6.20 Å². The van der Waals surface area contributed by atoms with Gasteiger partial charge in [0, 0.05) is 31.3 Å². The summed E-state index contributed by atoms with van der Waals surface area (Å²) in [5.41, 5.74) is 1.80. The minimum Gasteiger partial charge on any atom is -0.618 e. The first-order valence-electron chi connectivity index (χ1n) is 11.5. The molecule has 5 rings (SSSR count). The smallest absolute Gasteiger partial charge is 0.281 e. The summed E-state index contributed by atoms with van der Waals surface area (Å²) in [5, 5.41) is 18.3. The molecule has 0 spiro atoms. The van der Waals surface area contributed by atoms with Gasteiger partial charge < -0.3 is 30.2 Å². The van der Waals surface area contributed by atoms with Crippen LogP contribution >= 0.6 is 0 Å². The van der Waals surface area contributed by atoms with Crippen molar-refractivity contribution in [2.75, 3.05) is 45.2 Å². The van der Waals surface area contributed by atoms with Gasteiger partial charge in [0.1, 0.15) is 11.3 Å². The number of amides is 1. The number of aromatic nitrogens is 4. The molecule has 2 aromatic heterocycles. The third kappa shape index (κ3) is 5.08. The Morgan fingerprint density at radius 3 is 3.14 bits per heavy atom. The van der Waals surface area contributed by atoms with Gasteiger partial charge in [-0.1, -0.05) is 0 Å². The number of benzene rings is 1. The number of methoxy groups -OCH3 is 1. The number of nitrogens with one attached hydrogen (secondary N) is 2. The first-order chi connectivity index (χ1) is 17.0. The molecule has 4 heterocycles. The fourth-order valence-corrected chi connectivity index (χ4v) is 4.49. The van der Waals surface area contributed by atoms with Crippen LogP contribution in [0, 0.1) is 16.9 Å². The van der Waals surface area contributed by atoms with Crippen molar-refractivity contribution >= 4 is 22.8 Å². The van der Waals surface area contributed by atoms with Crippen molar-refractivity contribution in [3.63, 3.8) is 0 Å². The molecule has 2 aliphatic rings. The third-order valence-electron chi connectivity index (χ3n) is 6.27. The molecule has 2 aliphatic heterocycles. The van der Waals surface area contributed by atoms with Gasteiger partial charge in [0.15, 0.2) is 12.4 Å². The molecule has 0 unspecified atom stereocenters. The van der Waals surface area contributed by atoms with Crippen molar-refractivity contribution in [2.45, 2.75) is 19.4 Å². The molecule has 1 amide bonds. The van der Waals surface area contributed by atoms with Crippen LogP contribution in [0.25, 0.3) is 11.0 Å². The second-order valence-electron chi connectivity index (χ2n) is 8.69. The molecule has 2 N–H and O–H groups in total. The van der Waals surface area contributed by atoms with Gasteiger partial charge >= 0.3 is 0 Å². The third-order valence-corrected chi connectivity index (χ3v) is 6.27. The van der Waals surface area contributed by atoms with Crippen LogP contribution in [0.4, 0.5) is 10.2 Å². The van der Waals surface area contributed by atoms with Crippen molar-refractivity contribution in [2.24, 2.45) is 5.92 Å². The maximum Gasteiger partial charge on any atom is 0.281 e. The Labute approximate surface area is 200 Å². The quantitative estimate of drug-likeness (QED) is 0.353. The second-order valence-corrected chi connectivity index (χ2v) is 8.69. The van der Waals surface area contributed by atoms with E-state index in [1.807, 2.05) is 0 Å². The highest BCUT2D eigenvalue weighted by Crippen LogP contribution is 2.23. The molecule has 1 aromatic carbocycles. The van der Waals surface area contributed by atoms with Crippen LogP contribution in [0.3, 0.4) is 0 Å². The van der Waals surface area contributed by atoms with Gasteiger partial charge in [0.2, 0.25) is 11.7 Å². The van der Waals surface area contributed by atoms with E-state index in [0.717, 1.165) is 31.7 Å². The zero-order valence-corrected chi connectivity index (χ0v) is 19.3. The molecular formula is C23H26FN7O4. The number of carbonyl (C=O) groups excluding carboxylic acids is 1. The maximum absolute atomic E-state index is 14.6. The SMILES string of the molecule is COc1c[n+]([O-])c2ccc(F)c(CCN3CC[C@@H](CNCc4cnc5c(n4)NC(=O)CO5)C3)c2n1. The van der Waals surface area contributed by atoms with Crippen molar-refractivity contribution in [1.82, 2.24) is 25.2 Å². The summed E-state index contributed by atoms with van der Waals surface area (Å²) < 4.78 is 25.6. The molecule has 184 valence electrons. The van der Waals surface area contributed by atoms with E-state index in [2.05, 4.69) is 30.5 Å². The Bertz CT molecular complexity index is 1260. The van der Waals surface area contributed by atoms with E-state index in [-0.39, 0.29) is 24.2 Å². The number of fused-ring (bicyclic) bond motifs is 2. The number of halogens is 1. The van der Waals surface area contributed by atoms with E-state index in [9.17, 15) is 14.4 Å². The van der Waals surface area contributed by atoms with Crippen LogP contribution in [-0.2, 0) is 17.8 Å². The van der Waals surface area contributed by atoms with Gasteiger partial charge in [0.05, 0.1) is 19.0 Å². The van der Waals surface area contributed by atoms with Gasteiger partial charge in [-0.3, -0.25) is 4.79 Å². The predicted octanol–water partition coefficient (Wildman–Crippen LogP) is 0.791. The molecule has 3 aromatic rings. The summed E-state index contributed by atoms with van der Waals surface area (Å²) in [6, 6.07) is 2.76. The van der Waals surface area contributed by atoms with Crippen molar-refractivity contribution in [3.05, 3.63) is 46.8 Å². The topological polar surface area (TPSA) is 128 Å². The van der Waals surface area contributed by atoms with Gasteiger partial charge in [0.25, 0.3) is 17.7 Å². The molecule has 0 aliphatic carbocycles. The molecule has 1 saturated heterocycles. The van der Waals surface area contributed by atoms with Crippen molar-refractivity contribution in [1.29, 1.82) is 0 Å². The lowest BCUT2D eigenvalue weighted by atomic mass is 10.1. The number of likely N-dealkylation sites (tertiary alicyclic amines) is 1. The maximum atomic E-state index is 14.6. The van der Waals surface area contributed by atoms with Crippen LogP contribution in [-0.4, -0.2) is 65.7 Å². The average Bonchev–Trinajstić information content (AvgIpc) is 3.30. The van der Waals surface area contributed by atoms with E-state index < -0.39 is 0 Å². The molecule has 12 heteroatoms. The summed E-state index contributed by atoms with van der Waals surface area (Å²) in [5.74, 6) is 0.675. The monoisotopic (exact) mass is 483 g/mol. The molecule has 0 radical (unpaired) electrons. The van der Waals surface area contributed by atoms with Gasteiger partial charge in [-0.25, -0.2) is 19.3 Å². The van der Waals surface area contributed by atoms with Crippen LogP contribution < -0.4 is 24.8 Å². The molecule has 1 atom stereocenters. The van der Waals surface area contributed by atoms with E-state index in [4.69, 9.17) is 9.47 Å².